The lowest BCUT2D eigenvalue weighted by Gasteiger charge is -2.19. The van der Waals surface area contributed by atoms with Gasteiger partial charge in [-0.1, -0.05) is 37.8 Å². The minimum absolute atomic E-state index is 0.111. The van der Waals surface area contributed by atoms with Gasteiger partial charge in [-0.25, -0.2) is 13.4 Å². The summed E-state index contributed by atoms with van der Waals surface area (Å²) in [6, 6.07) is 10.3. The number of carbonyl (C=O) groups excluding carboxylic acids is 1. The van der Waals surface area contributed by atoms with Gasteiger partial charge in [-0.3, -0.25) is 4.79 Å². The van der Waals surface area contributed by atoms with Gasteiger partial charge in [0.05, 0.1) is 10.8 Å². The maximum absolute atomic E-state index is 13.0. The molecule has 0 unspecified atom stereocenters. The second kappa shape index (κ2) is 9.18. The molecule has 1 heterocycles. The Morgan fingerprint density at radius 3 is 2.43 bits per heavy atom. The quantitative estimate of drug-likeness (QED) is 0.629. The highest BCUT2D eigenvalue weighted by molar-refractivity contribution is 9.10. The molecule has 7 heteroatoms. The molecule has 3 rings (SSSR count). The molecule has 1 saturated carbocycles. The number of amides is 1. The fourth-order valence-electron chi connectivity index (χ4n) is 3.76. The minimum atomic E-state index is -3.26. The van der Waals surface area contributed by atoms with Crippen molar-refractivity contribution in [1.29, 1.82) is 0 Å². The summed E-state index contributed by atoms with van der Waals surface area (Å²) in [5, 5.41) is 2.90. The molecule has 0 bridgehead atoms. The standard InChI is InChI=1S/C21H25BrN2O3S/c1-28(26,27)18-10-7-16(8-11-18)19(12-6-15-4-2-3-5-15)21(25)24-20-13-9-17(22)14-23-20/h7-11,13-15,19H,2-6,12H2,1H3,(H,23,24,25)/t19-/m1/s1. The topological polar surface area (TPSA) is 76.1 Å². The summed E-state index contributed by atoms with van der Waals surface area (Å²) < 4.78 is 24.3. The third-order valence-electron chi connectivity index (χ3n) is 5.34. The van der Waals surface area contributed by atoms with Crippen molar-refractivity contribution in [2.24, 2.45) is 5.92 Å². The van der Waals surface area contributed by atoms with Crippen LogP contribution in [-0.2, 0) is 14.6 Å². The molecule has 1 aromatic heterocycles. The van der Waals surface area contributed by atoms with E-state index in [2.05, 4.69) is 26.2 Å². The van der Waals surface area contributed by atoms with E-state index in [0.717, 1.165) is 22.9 Å². The van der Waals surface area contributed by atoms with Crippen LogP contribution in [0.4, 0.5) is 5.82 Å². The molecule has 28 heavy (non-hydrogen) atoms. The van der Waals surface area contributed by atoms with Crippen LogP contribution in [0.25, 0.3) is 0 Å². The molecule has 1 atom stereocenters. The third-order valence-corrected chi connectivity index (χ3v) is 6.94. The average Bonchev–Trinajstić information content (AvgIpc) is 3.17. The van der Waals surface area contributed by atoms with E-state index < -0.39 is 9.84 Å². The van der Waals surface area contributed by atoms with E-state index in [1.165, 1.54) is 31.9 Å². The number of sulfone groups is 1. The number of nitrogens with zero attached hydrogens (tertiary/aromatic N) is 1. The minimum Gasteiger partial charge on any atom is -0.310 e. The number of nitrogens with one attached hydrogen (secondary N) is 1. The van der Waals surface area contributed by atoms with Gasteiger partial charge in [-0.15, -0.1) is 0 Å². The SMILES string of the molecule is CS(=O)(=O)c1ccc([C@@H](CCC2CCCC2)C(=O)Nc2ccc(Br)cn2)cc1. The Bertz CT molecular complexity index is 906. The van der Waals surface area contributed by atoms with Crippen LogP contribution in [-0.4, -0.2) is 25.6 Å². The van der Waals surface area contributed by atoms with Crippen LogP contribution in [0.3, 0.4) is 0 Å². The Morgan fingerprint density at radius 1 is 1.18 bits per heavy atom. The van der Waals surface area contributed by atoms with Crippen LogP contribution in [0.2, 0.25) is 0 Å². The number of hydrogen-bond acceptors (Lipinski definition) is 4. The van der Waals surface area contributed by atoms with Gasteiger partial charge in [0.15, 0.2) is 9.84 Å². The van der Waals surface area contributed by atoms with E-state index in [9.17, 15) is 13.2 Å². The van der Waals surface area contributed by atoms with Gasteiger partial charge in [-0.05, 0) is 64.5 Å². The number of aromatic nitrogens is 1. The third kappa shape index (κ3) is 5.64. The summed E-state index contributed by atoms with van der Waals surface area (Å²) in [6.45, 7) is 0. The van der Waals surface area contributed by atoms with Crippen molar-refractivity contribution in [2.75, 3.05) is 11.6 Å². The first kappa shape index (κ1) is 21.0. The summed E-state index contributed by atoms with van der Waals surface area (Å²) in [5.74, 6) is 0.739. The molecule has 0 spiro atoms. The van der Waals surface area contributed by atoms with Crippen molar-refractivity contribution in [3.05, 3.63) is 52.6 Å². The number of benzene rings is 1. The highest BCUT2D eigenvalue weighted by atomic mass is 79.9. The van der Waals surface area contributed by atoms with Gasteiger partial charge in [0.25, 0.3) is 0 Å². The first-order valence-corrected chi connectivity index (χ1v) is 12.2. The molecule has 0 aliphatic heterocycles. The Hall–Kier alpha value is -1.73. The molecular formula is C21H25BrN2O3S. The van der Waals surface area contributed by atoms with Crippen LogP contribution >= 0.6 is 15.9 Å². The maximum atomic E-state index is 13.0. The smallest absolute Gasteiger partial charge is 0.233 e. The van der Waals surface area contributed by atoms with Crippen molar-refractivity contribution in [2.45, 2.75) is 49.3 Å². The Balaban J connectivity index is 1.78. The predicted molar refractivity (Wildman–Crippen MR) is 114 cm³/mol. The number of anilines is 1. The summed E-state index contributed by atoms with van der Waals surface area (Å²) in [6.07, 6.45) is 9.58. The van der Waals surface area contributed by atoms with Gasteiger partial charge in [-0.2, -0.15) is 0 Å². The van der Waals surface area contributed by atoms with Gasteiger partial charge in [0, 0.05) is 16.9 Å². The molecule has 150 valence electrons. The largest absolute Gasteiger partial charge is 0.310 e. The highest BCUT2D eigenvalue weighted by Gasteiger charge is 2.24. The van der Waals surface area contributed by atoms with E-state index in [0.29, 0.717) is 11.7 Å². The second-order valence-electron chi connectivity index (χ2n) is 7.47. The lowest BCUT2D eigenvalue weighted by Crippen LogP contribution is -2.22. The molecule has 5 nitrogen and oxygen atoms in total. The number of rotatable bonds is 7. The highest BCUT2D eigenvalue weighted by Crippen LogP contribution is 2.33. The number of halogens is 1. The molecule has 1 N–H and O–H groups in total. The van der Waals surface area contributed by atoms with E-state index in [-0.39, 0.29) is 16.7 Å². The number of hydrogen-bond donors (Lipinski definition) is 1. The number of pyridine rings is 1. The zero-order valence-electron chi connectivity index (χ0n) is 15.9. The van der Waals surface area contributed by atoms with Crippen molar-refractivity contribution < 1.29 is 13.2 Å². The van der Waals surface area contributed by atoms with Crippen molar-refractivity contribution >= 4 is 37.5 Å². The van der Waals surface area contributed by atoms with Crippen LogP contribution in [0.1, 0.15) is 50.0 Å². The number of carbonyl (C=O) groups is 1. The van der Waals surface area contributed by atoms with E-state index in [1.54, 1.807) is 36.5 Å². The summed E-state index contributed by atoms with van der Waals surface area (Å²) in [4.78, 5) is 17.5. The summed E-state index contributed by atoms with van der Waals surface area (Å²) >= 11 is 3.34. The molecule has 1 aliphatic rings. The normalized spacial score (nSPS) is 16.1. The predicted octanol–water partition coefficient (Wildman–Crippen LogP) is 4.94. The fraction of sp³-hybridized carbons (Fsp3) is 0.429. The van der Waals surface area contributed by atoms with E-state index in [4.69, 9.17) is 0 Å². The van der Waals surface area contributed by atoms with Gasteiger partial charge < -0.3 is 5.32 Å². The Morgan fingerprint density at radius 2 is 1.86 bits per heavy atom. The molecule has 1 aliphatic carbocycles. The molecule has 0 radical (unpaired) electrons. The van der Waals surface area contributed by atoms with Crippen molar-refractivity contribution in [3.8, 4) is 0 Å². The fourth-order valence-corrected chi connectivity index (χ4v) is 4.63. The molecule has 2 aromatic rings. The lowest BCUT2D eigenvalue weighted by molar-refractivity contribution is -0.117. The van der Waals surface area contributed by atoms with Crippen LogP contribution in [0, 0.1) is 5.92 Å². The van der Waals surface area contributed by atoms with E-state index >= 15 is 0 Å². The molecule has 1 aromatic carbocycles. The first-order valence-electron chi connectivity index (χ1n) is 9.55. The van der Waals surface area contributed by atoms with Crippen molar-refractivity contribution in [1.82, 2.24) is 4.98 Å². The molecular weight excluding hydrogens is 440 g/mol. The zero-order valence-corrected chi connectivity index (χ0v) is 18.3. The average molecular weight is 465 g/mol. The van der Waals surface area contributed by atoms with Crippen molar-refractivity contribution in [3.63, 3.8) is 0 Å². The van der Waals surface area contributed by atoms with Gasteiger partial charge >= 0.3 is 0 Å². The Kier molecular flexibility index (Phi) is 6.88. The zero-order chi connectivity index (χ0) is 20.1. The summed E-state index contributed by atoms with van der Waals surface area (Å²) in [5.41, 5.74) is 0.833. The maximum Gasteiger partial charge on any atom is 0.233 e. The molecule has 1 fully saturated rings. The van der Waals surface area contributed by atoms with E-state index in [1.807, 2.05) is 6.07 Å². The Labute approximate surface area is 175 Å². The molecule has 1 amide bonds. The van der Waals surface area contributed by atoms with Crippen LogP contribution < -0.4 is 5.32 Å². The van der Waals surface area contributed by atoms with Crippen LogP contribution in [0.5, 0.6) is 0 Å². The first-order chi connectivity index (χ1) is 13.3. The van der Waals surface area contributed by atoms with Crippen LogP contribution in [0.15, 0.2) is 52.0 Å². The molecule has 0 saturated heterocycles. The van der Waals surface area contributed by atoms with Gasteiger partial charge in [0.2, 0.25) is 5.91 Å². The van der Waals surface area contributed by atoms with Gasteiger partial charge in [0.1, 0.15) is 5.82 Å². The lowest BCUT2D eigenvalue weighted by atomic mass is 9.89. The monoisotopic (exact) mass is 464 g/mol. The second-order valence-corrected chi connectivity index (χ2v) is 10.4. The summed E-state index contributed by atoms with van der Waals surface area (Å²) in [7, 11) is -3.26.